The molecule has 0 fully saturated rings. The summed E-state index contributed by atoms with van der Waals surface area (Å²) in [4.78, 5) is 51.4. The minimum absolute atomic E-state index is 0.135. The molecule has 0 aliphatic carbocycles. The van der Waals surface area contributed by atoms with E-state index in [2.05, 4.69) is 20.9 Å². The topological polar surface area (TPSA) is 117 Å². The van der Waals surface area contributed by atoms with Gasteiger partial charge in [-0.15, -0.1) is 0 Å². The molecule has 0 spiro atoms. The molecule has 1 aromatic heterocycles. The van der Waals surface area contributed by atoms with E-state index >= 15 is 0 Å². The maximum absolute atomic E-state index is 12.7. The van der Waals surface area contributed by atoms with Crippen molar-refractivity contribution in [2.24, 2.45) is 0 Å². The molecule has 0 bridgehead atoms. The molecular weight excluding hydrogens is 360 g/mol. The zero-order valence-corrected chi connectivity index (χ0v) is 15.4. The molecule has 0 unspecified atom stereocenters. The Morgan fingerprint density at radius 2 is 1.68 bits per heavy atom. The van der Waals surface area contributed by atoms with Crippen LogP contribution in [0.25, 0.3) is 0 Å². The van der Waals surface area contributed by atoms with Crippen LogP contribution in [0.1, 0.15) is 22.8 Å². The van der Waals surface area contributed by atoms with Gasteiger partial charge in [0, 0.05) is 24.4 Å². The number of aldehydes is 1. The van der Waals surface area contributed by atoms with Crippen LogP contribution in [0.15, 0.2) is 54.9 Å². The lowest BCUT2D eigenvalue weighted by Gasteiger charge is -2.21. The number of nitrogens with zero attached hydrogens (tertiary/aromatic N) is 1. The smallest absolute Gasteiger partial charge is 0.251 e. The monoisotopic (exact) mass is 382 g/mol. The second kappa shape index (κ2) is 10.6. The van der Waals surface area contributed by atoms with Crippen LogP contribution >= 0.6 is 0 Å². The summed E-state index contributed by atoms with van der Waals surface area (Å²) >= 11 is 0. The molecule has 146 valence electrons. The van der Waals surface area contributed by atoms with E-state index in [4.69, 9.17) is 0 Å². The van der Waals surface area contributed by atoms with E-state index in [1.54, 1.807) is 54.9 Å². The number of benzene rings is 1. The molecule has 1 aromatic carbocycles. The lowest BCUT2D eigenvalue weighted by Crippen LogP contribution is -2.53. The van der Waals surface area contributed by atoms with Crippen molar-refractivity contribution in [2.45, 2.75) is 25.4 Å². The fourth-order valence-electron chi connectivity index (χ4n) is 2.47. The normalized spacial score (nSPS) is 12.3. The Balaban J connectivity index is 2.10. The van der Waals surface area contributed by atoms with Crippen molar-refractivity contribution in [3.05, 3.63) is 66.0 Å². The minimum Gasteiger partial charge on any atom is -0.348 e. The molecule has 0 saturated carbocycles. The molecule has 1 heterocycles. The SMILES string of the molecule is C[C@H](NC(=O)[C@@H](Cc1ccncc1)NC(=O)c1ccccc1)C(=O)NCC=O. The van der Waals surface area contributed by atoms with Crippen LogP contribution in [-0.2, 0) is 20.8 Å². The number of carbonyl (C=O) groups is 4. The Kier molecular flexibility index (Phi) is 7.83. The van der Waals surface area contributed by atoms with Gasteiger partial charge < -0.3 is 20.7 Å². The first-order valence-electron chi connectivity index (χ1n) is 8.77. The molecule has 0 radical (unpaired) electrons. The molecular formula is C20H22N4O4. The quantitative estimate of drug-likeness (QED) is 0.537. The first-order valence-corrected chi connectivity index (χ1v) is 8.77. The van der Waals surface area contributed by atoms with Crippen molar-refractivity contribution in [3.8, 4) is 0 Å². The Hall–Kier alpha value is -3.55. The van der Waals surface area contributed by atoms with Gasteiger partial charge in [0.15, 0.2) is 0 Å². The minimum atomic E-state index is -0.892. The maximum atomic E-state index is 12.7. The molecule has 0 saturated heterocycles. The first-order chi connectivity index (χ1) is 13.5. The van der Waals surface area contributed by atoms with Gasteiger partial charge in [0.1, 0.15) is 18.4 Å². The van der Waals surface area contributed by atoms with Gasteiger partial charge in [-0.25, -0.2) is 0 Å². The second-order valence-electron chi connectivity index (χ2n) is 6.09. The average Bonchev–Trinajstić information content (AvgIpc) is 2.72. The summed E-state index contributed by atoms with van der Waals surface area (Å²) in [6.07, 6.45) is 3.98. The van der Waals surface area contributed by atoms with Crippen LogP contribution in [-0.4, -0.2) is 47.6 Å². The van der Waals surface area contributed by atoms with Crippen molar-refractivity contribution in [2.75, 3.05) is 6.54 Å². The number of hydrogen-bond acceptors (Lipinski definition) is 5. The molecule has 3 N–H and O–H groups in total. The lowest BCUT2D eigenvalue weighted by molar-refractivity contribution is -0.129. The third kappa shape index (κ3) is 6.31. The maximum Gasteiger partial charge on any atom is 0.251 e. The van der Waals surface area contributed by atoms with Gasteiger partial charge in [-0.3, -0.25) is 19.4 Å². The molecule has 0 aliphatic heterocycles. The first kappa shape index (κ1) is 20.8. The van der Waals surface area contributed by atoms with Gasteiger partial charge in [0.2, 0.25) is 11.8 Å². The number of pyridine rings is 1. The van der Waals surface area contributed by atoms with Crippen LogP contribution in [0.5, 0.6) is 0 Å². The third-order valence-corrected chi connectivity index (χ3v) is 3.96. The number of hydrogen-bond donors (Lipinski definition) is 3. The van der Waals surface area contributed by atoms with Crippen molar-refractivity contribution >= 4 is 24.0 Å². The van der Waals surface area contributed by atoms with Crippen molar-refractivity contribution in [3.63, 3.8) is 0 Å². The second-order valence-corrected chi connectivity index (χ2v) is 6.09. The van der Waals surface area contributed by atoms with Crippen LogP contribution in [0.2, 0.25) is 0 Å². The van der Waals surface area contributed by atoms with E-state index in [0.29, 0.717) is 11.8 Å². The highest BCUT2D eigenvalue weighted by atomic mass is 16.2. The predicted molar refractivity (Wildman–Crippen MR) is 102 cm³/mol. The zero-order valence-electron chi connectivity index (χ0n) is 15.4. The summed E-state index contributed by atoms with van der Waals surface area (Å²) in [6.45, 7) is 1.37. The Bertz CT molecular complexity index is 811. The van der Waals surface area contributed by atoms with Crippen molar-refractivity contribution in [1.82, 2.24) is 20.9 Å². The van der Waals surface area contributed by atoms with Crippen molar-refractivity contribution < 1.29 is 19.2 Å². The summed E-state index contributed by atoms with van der Waals surface area (Å²) in [6, 6.07) is 10.3. The van der Waals surface area contributed by atoms with E-state index in [1.807, 2.05) is 0 Å². The summed E-state index contributed by atoms with van der Waals surface area (Å²) < 4.78 is 0. The molecule has 2 atom stereocenters. The number of carbonyl (C=O) groups excluding carboxylic acids is 4. The van der Waals surface area contributed by atoms with Crippen LogP contribution in [0.4, 0.5) is 0 Å². The highest BCUT2D eigenvalue weighted by Crippen LogP contribution is 2.05. The molecule has 8 heteroatoms. The average molecular weight is 382 g/mol. The zero-order chi connectivity index (χ0) is 20.4. The predicted octanol–water partition coefficient (Wildman–Crippen LogP) is 0.242. The van der Waals surface area contributed by atoms with Crippen LogP contribution in [0.3, 0.4) is 0 Å². The molecule has 2 rings (SSSR count). The summed E-state index contributed by atoms with van der Waals surface area (Å²) in [5.74, 6) is -1.39. The fraction of sp³-hybridized carbons (Fsp3) is 0.250. The van der Waals surface area contributed by atoms with Gasteiger partial charge in [-0.1, -0.05) is 18.2 Å². The van der Waals surface area contributed by atoms with Gasteiger partial charge in [0.05, 0.1) is 6.54 Å². The third-order valence-electron chi connectivity index (χ3n) is 3.96. The number of aromatic nitrogens is 1. The van der Waals surface area contributed by atoms with Gasteiger partial charge in [-0.05, 0) is 36.8 Å². The summed E-state index contributed by atoms with van der Waals surface area (Å²) in [7, 11) is 0. The van der Waals surface area contributed by atoms with E-state index < -0.39 is 29.8 Å². The Morgan fingerprint density at radius 3 is 2.32 bits per heavy atom. The molecule has 8 nitrogen and oxygen atoms in total. The largest absolute Gasteiger partial charge is 0.348 e. The summed E-state index contributed by atoms with van der Waals surface area (Å²) in [5.41, 5.74) is 1.23. The van der Waals surface area contributed by atoms with E-state index in [0.717, 1.165) is 5.56 Å². The summed E-state index contributed by atoms with van der Waals surface area (Å²) in [5, 5.41) is 7.65. The standard InChI is InChI=1S/C20H22N4O4/c1-14(18(26)22-11-12-25)23-20(28)17(13-15-7-9-21-10-8-15)24-19(27)16-5-3-2-4-6-16/h2-10,12,14,17H,11,13H2,1H3,(H,22,26)(H,23,28)(H,24,27)/t14-,17+/m0/s1. The number of nitrogens with one attached hydrogen (secondary N) is 3. The van der Waals surface area contributed by atoms with Gasteiger partial charge in [0.25, 0.3) is 5.91 Å². The highest BCUT2D eigenvalue weighted by molar-refractivity contribution is 5.98. The fourth-order valence-corrected chi connectivity index (χ4v) is 2.47. The van der Waals surface area contributed by atoms with Crippen molar-refractivity contribution in [1.29, 1.82) is 0 Å². The van der Waals surface area contributed by atoms with Crippen LogP contribution < -0.4 is 16.0 Å². The number of amides is 3. The van der Waals surface area contributed by atoms with Gasteiger partial charge >= 0.3 is 0 Å². The highest BCUT2D eigenvalue weighted by Gasteiger charge is 2.25. The van der Waals surface area contributed by atoms with E-state index in [1.165, 1.54) is 6.92 Å². The van der Waals surface area contributed by atoms with E-state index in [-0.39, 0.29) is 13.0 Å². The molecule has 28 heavy (non-hydrogen) atoms. The Labute approximate surface area is 162 Å². The molecule has 2 aromatic rings. The molecule has 0 aliphatic rings. The lowest BCUT2D eigenvalue weighted by atomic mass is 10.1. The van der Waals surface area contributed by atoms with Crippen LogP contribution in [0, 0.1) is 0 Å². The number of rotatable bonds is 9. The van der Waals surface area contributed by atoms with E-state index in [9.17, 15) is 19.2 Å². The molecule has 3 amide bonds. The Morgan fingerprint density at radius 1 is 1.00 bits per heavy atom. The van der Waals surface area contributed by atoms with Gasteiger partial charge in [-0.2, -0.15) is 0 Å².